The summed E-state index contributed by atoms with van der Waals surface area (Å²) in [7, 11) is 3.22. The average Bonchev–Trinajstić information content (AvgIpc) is 2.73. The number of ether oxygens (including phenoxy) is 2. The van der Waals surface area contributed by atoms with Crippen LogP contribution >= 0.6 is 15.9 Å². The largest absolute Gasteiger partial charge is 0.588 e. The summed E-state index contributed by atoms with van der Waals surface area (Å²) in [5.74, 6) is 1.37. The molecule has 0 heterocycles. The van der Waals surface area contributed by atoms with Crippen LogP contribution in [0.25, 0.3) is 0 Å². The van der Waals surface area contributed by atoms with Gasteiger partial charge in [-0.15, -0.1) is 0 Å². The van der Waals surface area contributed by atoms with Gasteiger partial charge in [0.15, 0.2) is 4.90 Å². The van der Waals surface area contributed by atoms with Gasteiger partial charge in [0.1, 0.15) is 28.5 Å². The molecular weight excluding hydrogens is 426 g/mol. The molecule has 1 unspecified atom stereocenters. The summed E-state index contributed by atoms with van der Waals surface area (Å²) in [5.41, 5.74) is 1.85. The molecule has 0 saturated carbocycles. The molecule has 4 nitrogen and oxygen atoms in total. The van der Waals surface area contributed by atoms with E-state index in [0.29, 0.717) is 22.9 Å². The van der Waals surface area contributed by atoms with E-state index in [0.717, 1.165) is 15.7 Å². The van der Waals surface area contributed by atoms with Crippen LogP contribution in [0.15, 0.2) is 82.2 Å². The molecule has 1 atom stereocenters. The number of rotatable bonds is 7. The molecule has 3 aromatic rings. The lowest BCUT2D eigenvalue weighted by Crippen LogP contribution is -2.31. The third-order valence-corrected chi connectivity index (χ3v) is 6.09. The van der Waals surface area contributed by atoms with Crippen LogP contribution in [0.5, 0.6) is 11.5 Å². The fourth-order valence-electron chi connectivity index (χ4n) is 2.63. The van der Waals surface area contributed by atoms with Gasteiger partial charge in [0.2, 0.25) is 0 Å². The van der Waals surface area contributed by atoms with Gasteiger partial charge >= 0.3 is 0 Å². The SMILES string of the molecule is COc1cccc([S+]([O-])N(Cc2ccccc2)c2cc(OC)ccc2Br)c1. The summed E-state index contributed by atoms with van der Waals surface area (Å²) in [4.78, 5) is 0.667. The number of halogens is 1. The Kier molecular flexibility index (Phi) is 6.66. The Bertz CT molecular complexity index is 892. The van der Waals surface area contributed by atoms with Crippen molar-refractivity contribution in [3.8, 4) is 11.5 Å². The zero-order valence-electron chi connectivity index (χ0n) is 15.1. The number of methoxy groups -OCH3 is 2. The maximum atomic E-state index is 13.5. The molecular formula is C21H20BrNO3S. The molecule has 0 amide bonds. The highest BCUT2D eigenvalue weighted by molar-refractivity contribution is 9.10. The van der Waals surface area contributed by atoms with Gasteiger partial charge in [-0.05, 0) is 45.8 Å². The van der Waals surface area contributed by atoms with E-state index in [-0.39, 0.29) is 0 Å². The zero-order chi connectivity index (χ0) is 19.2. The maximum Gasteiger partial charge on any atom is 0.183 e. The van der Waals surface area contributed by atoms with E-state index in [1.165, 1.54) is 0 Å². The van der Waals surface area contributed by atoms with Gasteiger partial charge in [0.25, 0.3) is 0 Å². The maximum absolute atomic E-state index is 13.5. The lowest BCUT2D eigenvalue weighted by atomic mass is 10.2. The van der Waals surface area contributed by atoms with Crippen molar-refractivity contribution >= 4 is 33.0 Å². The molecule has 27 heavy (non-hydrogen) atoms. The predicted octanol–water partition coefficient (Wildman–Crippen LogP) is 5.20. The highest BCUT2D eigenvalue weighted by Gasteiger charge is 2.26. The fourth-order valence-corrected chi connectivity index (χ4v) is 4.47. The van der Waals surface area contributed by atoms with Gasteiger partial charge in [-0.25, -0.2) is 0 Å². The van der Waals surface area contributed by atoms with E-state index < -0.39 is 11.4 Å². The molecule has 0 aliphatic carbocycles. The smallest absolute Gasteiger partial charge is 0.183 e. The Morgan fingerprint density at radius 2 is 1.59 bits per heavy atom. The normalized spacial score (nSPS) is 11.7. The van der Waals surface area contributed by atoms with E-state index in [4.69, 9.17) is 9.47 Å². The van der Waals surface area contributed by atoms with Crippen LogP contribution < -0.4 is 13.8 Å². The van der Waals surface area contributed by atoms with Crippen molar-refractivity contribution in [2.45, 2.75) is 11.4 Å². The predicted molar refractivity (Wildman–Crippen MR) is 113 cm³/mol. The first kappa shape index (κ1) is 19.6. The van der Waals surface area contributed by atoms with Gasteiger partial charge in [-0.1, -0.05) is 36.4 Å². The van der Waals surface area contributed by atoms with Crippen molar-refractivity contribution in [2.75, 3.05) is 18.5 Å². The molecule has 140 valence electrons. The molecule has 0 bridgehead atoms. The van der Waals surface area contributed by atoms with Gasteiger partial charge < -0.3 is 14.0 Å². The lowest BCUT2D eigenvalue weighted by molar-refractivity contribution is 0.413. The number of benzene rings is 3. The molecule has 6 heteroatoms. The van der Waals surface area contributed by atoms with Crippen LogP contribution in [0.4, 0.5) is 5.69 Å². The van der Waals surface area contributed by atoms with E-state index >= 15 is 0 Å². The molecule has 0 aliphatic heterocycles. The van der Waals surface area contributed by atoms with Crippen LogP contribution in [-0.4, -0.2) is 18.8 Å². The molecule has 0 fully saturated rings. The molecule has 0 aromatic heterocycles. The quantitative estimate of drug-likeness (QED) is 0.469. The Labute approximate surface area is 171 Å². The van der Waals surface area contributed by atoms with Crippen molar-refractivity contribution in [3.05, 3.63) is 82.8 Å². The molecule has 3 aromatic carbocycles. The number of anilines is 1. The van der Waals surface area contributed by atoms with E-state index in [1.54, 1.807) is 20.3 Å². The zero-order valence-corrected chi connectivity index (χ0v) is 17.5. The second kappa shape index (κ2) is 9.17. The van der Waals surface area contributed by atoms with Gasteiger partial charge in [0.05, 0.1) is 20.8 Å². The van der Waals surface area contributed by atoms with E-state index in [9.17, 15) is 4.55 Å². The van der Waals surface area contributed by atoms with Crippen LogP contribution in [0, 0.1) is 0 Å². The van der Waals surface area contributed by atoms with Gasteiger partial charge in [-0.2, -0.15) is 4.31 Å². The highest BCUT2D eigenvalue weighted by atomic mass is 79.9. The number of nitrogens with zero attached hydrogens (tertiary/aromatic N) is 1. The topological polar surface area (TPSA) is 44.8 Å². The second-order valence-corrected chi connectivity index (χ2v) is 8.03. The Morgan fingerprint density at radius 1 is 0.889 bits per heavy atom. The third kappa shape index (κ3) is 4.77. The van der Waals surface area contributed by atoms with Crippen LogP contribution in [0.3, 0.4) is 0 Å². The van der Waals surface area contributed by atoms with E-state index in [2.05, 4.69) is 15.9 Å². The molecule has 0 spiro atoms. The summed E-state index contributed by atoms with van der Waals surface area (Å²) >= 11 is 2.15. The summed E-state index contributed by atoms with van der Waals surface area (Å²) in [6.07, 6.45) is 0. The van der Waals surface area contributed by atoms with Crippen LogP contribution in [-0.2, 0) is 17.9 Å². The van der Waals surface area contributed by atoms with Crippen molar-refractivity contribution in [1.82, 2.24) is 0 Å². The molecule has 0 N–H and O–H groups in total. The molecule has 0 radical (unpaired) electrons. The standard InChI is InChI=1S/C21H20BrNO3S/c1-25-17-9-6-10-19(13-17)27(24)23(15-16-7-4-3-5-8-16)21-14-18(26-2)11-12-20(21)22/h3-14H,15H2,1-2H3. The van der Waals surface area contributed by atoms with Crippen molar-refractivity contribution in [3.63, 3.8) is 0 Å². The number of hydrogen-bond donors (Lipinski definition) is 0. The van der Waals surface area contributed by atoms with Crippen LogP contribution in [0.2, 0.25) is 0 Å². The minimum absolute atomic E-state index is 0.483. The lowest BCUT2D eigenvalue weighted by Gasteiger charge is -2.27. The van der Waals surface area contributed by atoms with Crippen LogP contribution in [0.1, 0.15) is 5.56 Å². The minimum Gasteiger partial charge on any atom is -0.588 e. The second-order valence-electron chi connectivity index (χ2n) is 5.77. The Morgan fingerprint density at radius 3 is 2.30 bits per heavy atom. The average molecular weight is 446 g/mol. The fraction of sp³-hybridized carbons (Fsp3) is 0.143. The van der Waals surface area contributed by atoms with Gasteiger partial charge in [-0.3, -0.25) is 0 Å². The minimum atomic E-state index is -1.44. The first-order valence-corrected chi connectivity index (χ1v) is 10.2. The molecule has 0 saturated heterocycles. The Hall–Kier alpha value is -2.15. The summed E-state index contributed by atoms with van der Waals surface area (Å²) in [6, 6.07) is 22.9. The molecule has 0 aliphatic rings. The summed E-state index contributed by atoms with van der Waals surface area (Å²) < 4.78 is 26.8. The summed E-state index contributed by atoms with van der Waals surface area (Å²) in [5, 5.41) is 0. The monoisotopic (exact) mass is 445 g/mol. The number of hydrogen-bond acceptors (Lipinski definition) is 4. The van der Waals surface area contributed by atoms with Crippen molar-refractivity contribution in [1.29, 1.82) is 0 Å². The third-order valence-electron chi connectivity index (χ3n) is 4.03. The first-order chi connectivity index (χ1) is 13.1. The highest BCUT2D eigenvalue weighted by Crippen LogP contribution is 2.35. The first-order valence-electron chi connectivity index (χ1n) is 8.33. The van der Waals surface area contributed by atoms with Crippen molar-refractivity contribution < 1.29 is 14.0 Å². The molecule has 3 rings (SSSR count). The summed E-state index contributed by atoms with van der Waals surface area (Å²) in [6.45, 7) is 0.483. The van der Waals surface area contributed by atoms with E-state index in [1.807, 2.05) is 71.0 Å². The van der Waals surface area contributed by atoms with Gasteiger partial charge in [0, 0.05) is 16.6 Å². The Balaban J connectivity index is 2.04. The van der Waals surface area contributed by atoms with Crippen molar-refractivity contribution in [2.24, 2.45) is 0 Å².